The molecule has 2 heterocycles. The summed E-state index contributed by atoms with van der Waals surface area (Å²) >= 11 is 0. The number of rotatable bonds is 2. The minimum atomic E-state index is 0.671. The molecule has 1 atom stereocenters. The molecule has 2 aliphatic rings. The van der Waals surface area contributed by atoms with Crippen LogP contribution in [-0.2, 0) is 13.0 Å². The van der Waals surface area contributed by atoms with Crippen LogP contribution in [0.3, 0.4) is 0 Å². The maximum absolute atomic E-state index is 4.49. The maximum Gasteiger partial charge on any atom is 0.0954 e. The summed E-state index contributed by atoms with van der Waals surface area (Å²) in [6.45, 7) is 4.40. The second kappa shape index (κ2) is 3.09. The quantitative estimate of drug-likeness (QED) is 0.767. The van der Waals surface area contributed by atoms with Crippen molar-refractivity contribution in [3.05, 3.63) is 17.7 Å². The first-order chi connectivity index (χ1) is 6.86. The van der Waals surface area contributed by atoms with Crippen molar-refractivity contribution in [3.8, 4) is 0 Å². The molecular formula is C11H17N3. The Morgan fingerprint density at radius 3 is 3.21 bits per heavy atom. The minimum Gasteiger partial charge on any atom is -0.331 e. The highest BCUT2D eigenvalue weighted by molar-refractivity contribution is 5.17. The number of nitrogens with zero attached hydrogens (tertiary/aromatic N) is 2. The molecule has 0 amide bonds. The smallest absolute Gasteiger partial charge is 0.0954 e. The lowest BCUT2D eigenvalue weighted by Crippen LogP contribution is -2.25. The van der Waals surface area contributed by atoms with Crippen LogP contribution in [0.1, 0.15) is 37.2 Å². The standard InChI is InChI=1S/C11H17N3/c1-8(9-2-3-9)14-7-13-10-6-12-5-4-11(10)14/h7-9,12H,2-6H2,1H3. The van der Waals surface area contributed by atoms with Crippen molar-refractivity contribution in [2.45, 2.75) is 38.8 Å². The first-order valence-electron chi connectivity index (χ1n) is 5.61. The van der Waals surface area contributed by atoms with E-state index in [1.54, 1.807) is 0 Å². The van der Waals surface area contributed by atoms with E-state index in [-0.39, 0.29) is 0 Å². The molecule has 1 fully saturated rings. The summed E-state index contributed by atoms with van der Waals surface area (Å²) in [6, 6.07) is 0.671. The SMILES string of the molecule is CC(C1CC1)n1cnc2c1CCNC2. The van der Waals surface area contributed by atoms with Crippen molar-refractivity contribution in [3.63, 3.8) is 0 Å². The van der Waals surface area contributed by atoms with Crippen LogP contribution in [0.15, 0.2) is 6.33 Å². The van der Waals surface area contributed by atoms with Gasteiger partial charge >= 0.3 is 0 Å². The molecule has 3 nitrogen and oxygen atoms in total. The number of fused-ring (bicyclic) bond motifs is 1. The fourth-order valence-electron chi connectivity index (χ4n) is 2.42. The maximum atomic E-state index is 4.49. The van der Waals surface area contributed by atoms with Crippen molar-refractivity contribution in [1.82, 2.24) is 14.9 Å². The van der Waals surface area contributed by atoms with Crippen molar-refractivity contribution < 1.29 is 0 Å². The van der Waals surface area contributed by atoms with Crippen LogP contribution < -0.4 is 5.32 Å². The van der Waals surface area contributed by atoms with E-state index in [4.69, 9.17) is 0 Å². The van der Waals surface area contributed by atoms with E-state index >= 15 is 0 Å². The summed E-state index contributed by atoms with van der Waals surface area (Å²) in [5.41, 5.74) is 2.74. The van der Waals surface area contributed by atoms with E-state index in [1.807, 2.05) is 6.33 Å². The van der Waals surface area contributed by atoms with Crippen molar-refractivity contribution in [2.24, 2.45) is 5.92 Å². The fraction of sp³-hybridized carbons (Fsp3) is 0.727. The second-order valence-corrected chi connectivity index (χ2v) is 4.55. The average Bonchev–Trinajstić information content (AvgIpc) is 2.97. The molecule has 0 spiro atoms. The molecule has 0 bridgehead atoms. The molecule has 1 saturated carbocycles. The number of hydrogen-bond acceptors (Lipinski definition) is 2. The fourth-order valence-corrected chi connectivity index (χ4v) is 2.42. The zero-order valence-electron chi connectivity index (χ0n) is 8.66. The van der Waals surface area contributed by atoms with E-state index in [1.165, 1.54) is 24.2 Å². The van der Waals surface area contributed by atoms with Gasteiger partial charge in [-0.15, -0.1) is 0 Å². The number of imidazole rings is 1. The van der Waals surface area contributed by atoms with Crippen LogP contribution in [0.4, 0.5) is 0 Å². The third-order valence-electron chi connectivity index (χ3n) is 3.56. The topological polar surface area (TPSA) is 29.9 Å². The summed E-state index contributed by atoms with van der Waals surface area (Å²) in [5.74, 6) is 0.920. The first kappa shape index (κ1) is 8.48. The van der Waals surface area contributed by atoms with Crippen LogP contribution in [0, 0.1) is 5.92 Å². The molecule has 0 radical (unpaired) electrons. The molecule has 0 aromatic carbocycles. The Balaban J connectivity index is 1.92. The molecule has 76 valence electrons. The normalized spacial score (nSPS) is 23.2. The number of aromatic nitrogens is 2. The highest BCUT2D eigenvalue weighted by Crippen LogP contribution is 2.40. The van der Waals surface area contributed by atoms with Crippen molar-refractivity contribution in [2.75, 3.05) is 6.54 Å². The van der Waals surface area contributed by atoms with Crippen LogP contribution in [0.2, 0.25) is 0 Å². The summed E-state index contributed by atoms with van der Waals surface area (Å²) in [4.78, 5) is 4.49. The van der Waals surface area contributed by atoms with Crippen LogP contribution >= 0.6 is 0 Å². The van der Waals surface area contributed by atoms with E-state index in [9.17, 15) is 0 Å². The molecule has 0 saturated heterocycles. The van der Waals surface area contributed by atoms with Gasteiger partial charge < -0.3 is 9.88 Å². The third kappa shape index (κ3) is 1.27. The second-order valence-electron chi connectivity index (χ2n) is 4.55. The van der Waals surface area contributed by atoms with Crippen LogP contribution in [0.5, 0.6) is 0 Å². The summed E-state index contributed by atoms with van der Waals surface area (Å²) < 4.78 is 2.41. The molecule has 1 aromatic heterocycles. The Morgan fingerprint density at radius 1 is 1.57 bits per heavy atom. The number of hydrogen-bond donors (Lipinski definition) is 1. The summed E-state index contributed by atoms with van der Waals surface area (Å²) in [6.07, 6.45) is 6.01. The van der Waals surface area contributed by atoms with Gasteiger partial charge in [-0.25, -0.2) is 4.98 Å². The number of nitrogens with one attached hydrogen (secondary N) is 1. The highest BCUT2D eigenvalue weighted by Gasteiger charge is 2.31. The summed E-state index contributed by atoms with van der Waals surface area (Å²) in [5, 5.41) is 3.36. The molecular weight excluding hydrogens is 174 g/mol. The Kier molecular flexibility index (Phi) is 1.87. The molecule has 1 aliphatic heterocycles. The first-order valence-corrected chi connectivity index (χ1v) is 5.61. The van der Waals surface area contributed by atoms with E-state index in [0.717, 1.165) is 25.4 Å². The zero-order valence-corrected chi connectivity index (χ0v) is 8.66. The van der Waals surface area contributed by atoms with Crippen LogP contribution in [0.25, 0.3) is 0 Å². The lowest BCUT2D eigenvalue weighted by molar-refractivity contribution is 0.461. The molecule has 1 N–H and O–H groups in total. The predicted octanol–water partition coefficient (Wildman–Crippen LogP) is 1.50. The van der Waals surface area contributed by atoms with Gasteiger partial charge in [0.1, 0.15) is 0 Å². The Morgan fingerprint density at radius 2 is 2.43 bits per heavy atom. The molecule has 14 heavy (non-hydrogen) atoms. The largest absolute Gasteiger partial charge is 0.331 e. The van der Waals surface area contributed by atoms with Gasteiger partial charge in [-0.05, 0) is 25.7 Å². The Bertz CT molecular complexity index is 338. The molecule has 3 heteroatoms. The average molecular weight is 191 g/mol. The van der Waals surface area contributed by atoms with Gasteiger partial charge in [0.05, 0.1) is 12.0 Å². The molecule has 3 rings (SSSR count). The van der Waals surface area contributed by atoms with Gasteiger partial charge in [-0.3, -0.25) is 0 Å². The van der Waals surface area contributed by atoms with E-state index in [2.05, 4.69) is 21.8 Å². The summed E-state index contributed by atoms with van der Waals surface area (Å²) in [7, 11) is 0. The van der Waals surface area contributed by atoms with Gasteiger partial charge in [-0.1, -0.05) is 0 Å². The molecule has 1 aromatic rings. The van der Waals surface area contributed by atoms with Crippen LogP contribution in [-0.4, -0.2) is 16.1 Å². The molecule has 1 aliphatic carbocycles. The lowest BCUT2D eigenvalue weighted by Gasteiger charge is -2.19. The zero-order chi connectivity index (χ0) is 9.54. The third-order valence-corrected chi connectivity index (χ3v) is 3.56. The van der Waals surface area contributed by atoms with Gasteiger partial charge in [0.2, 0.25) is 0 Å². The van der Waals surface area contributed by atoms with Gasteiger partial charge in [0.25, 0.3) is 0 Å². The van der Waals surface area contributed by atoms with Crippen molar-refractivity contribution >= 4 is 0 Å². The van der Waals surface area contributed by atoms with Crippen molar-refractivity contribution in [1.29, 1.82) is 0 Å². The lowest BCUT2D eigenvalue weighted by atomic mass is 10.1. The van der Waals surface area contributed by atoms with E-state index < -0.39 is 0 Å². The van der Waals surface area contributed by atoms with E-state index in [0.29, 0.717) is 6.04 Å². The highest BCUT2D eigenvalue weighted by atomic mass is 15.1. The van der Waals surface area contributed by atoms with Gasteiger partial charge in [0, 0.05) is 31.2 Å². The Labute approximate surface area is 84.5 Å². The van der Waals surface area contributed by atoms with Gasteiger partial charge in [0.15, 0.2) is 0 Å². The minimum absolute atomic E-state index is 0.671. The molecule has 1 unspecified atom stereocenters. The van der Waals surface area contributed by atoms with Gasteiger partial charge in [-0.2, -0.15) is 0 Å². The monoisotopic (exact) mass is 191 g/mol. The Hall–Kier alpha value is -0.830. The predicted molar refractivity (Wildman–Crippen MR) is 55.1 cm³/mol.